The second-order valence-corrected chi connectivity index (χ2v) is 6.55. The lowest BCUT2D eigenvalue weighted by atomic mass is 10.2. The Morgan fingerprint density at radius 2 is 2.14 bits per heavy atom. The van der Waals surface area contributed by atoms with Gasteiger partial charge in [-0.15, -0.1) is 0 Å². The van der Waals surface area contributed by atoms with Crippen LogP contribution in [0.5, 0.6) is 5.75 Å². The highest BCUT2D eigenvalue weighted by Crippen LogP contribution is 2.19. The van der Waals surface area contributed by atoms with E-state index in [1.165, 1.54) is 4.57 Å². The largest absolute Gasteiger partial charge is 0.497 e. The average molecular weight is 415 g/mol. The number of ether oxygens (including phenoxy) is 1. The number of carbonyl (C=O) groups excluding carboxylic acids is 1. The number of nitrogens with zero attached hydrogens (tertiary/aromatic N) is 3. The first kappa shape index (κ1) is 18.8. The number of aromatic nitrogens is 3. The SMILES string of the molecule is COc1cccc(CNC(=O)c2nc(Cn3c(=O)oc4ccc(Cl)cc43)no2)c1. The Morgan fingerprint density at radius 3 is 2.97 bits per heavy atom. The Bertz CT molecular complexity index is 1240. The van der Waals surface area contributed by atoms with Gasteiger partial charge in [0.25, 0.3) is 0 Å². The zero-order chi connectivity index (χ0) is 20.4. The van der Waals surface area contributed by atoms with Crippen molar-refractivity contribution in [1.29, 1.82) is 0 Å². The number of nitrogens with one attached hydrogen (secondary N) is 1. The van der Waals surface area contributed by atoms with E-state index in [9.17, 15) is 9.59 Å². The van der Waals surface area contributed by atoms with Gasteiger partial charge >= 0.3 is 17.6 Å². The van der Waals surface area contributed by atoms with Crippen molar-refractivity contribution in [3.8, 4) is 5.75 Å². The summed E-state index contributed by atoms with van der Waals surface area (Å²) < 4.78 is 16.6. The van der Waals surface area contributed by atoms with Crippen molar-refractivity contribution >= 4 is 28.6 Å². The Labute approximate surface area is 168 Å². The molecule has 4 aromatic rings. The Kier molecular flexibility index (Phi) is 5.05. The quantitative estimate of drug-likeness (QED) is 0.516. The van der Waals surface area contributed by atoms with E-state index >= 15 is 0 Å². The predicted octanol–water partition coefficient (Wildman–Crippen LogP) is 2.62. The molecule has 0 radical (unpaired) electrons. The zero-order valence-corrected chi connectivity index (χ0v) is 16.0. The molecule has 9 nitrogen and oxygen atoms in total. The lowest BCUT2D eigenvalue weighted by Gasteiger charge is -2.04. The molecule has 29 heavy (non-hydrogen) atoms. The second-order valence-electron chi connectivity index (χ2n) is 6.12. The number of hydrogen-bond donors (Lipinski definition) is 1. The molecule has 4 rings (SSSR count). The van der Waals surface area contributed by atoms with Crippen molar-refractivity contribution in [2.75, 3.05) is 7.11 Å². The van der Waals surface area contributed by atoms with Gasteiger partial charge in [-0.1, -0.05) is 28.9 Å². The molecule has 0 aliphatic rings. The minimum atomic E-state index is -0.587. The fourth-order valence-electron chi connectivity index (χ4n) is 2.78. The van der Waals surface area contributed by atoms with Gasteiger partial charge in [0.2, 0.25) is 0 Å². The van der Waals surface area contributed by atoms with Gasteiger partial charge in [-0.2, -0.15) is 4.98 Å². The third-order valence-electron chi connectivity index (χ3n) is 4.18. The number of halogens is 1. The van der Waals surface area contributed by atoms with E-state index in [1.54, 1.807) is 31.4 Å². The summed E-state index contributed by atoms with van der Waals surface area (Å²) in [6.07, 6.45) is 0. The van der Waals surface area contributed by atoms with Crippen molar-refractivity contribution in [2.45, 2.75) is 13.1 Å². The third-order valence-corrected chi connectivity index (χ3v) is 4.41. The molecule has 0 spiro atoms. The third kappa shape index (κ3) is 3.99. The molecule has 0 fully saturated rings. The Hall–Kier alpha value is -3.59. The van der Waals surface area contributed by atoms with Gasteiger partial charge in [-0.25, -0.2) is 4.79 Å². The second kappa shape index (κ2) is 7.80. The summed E-state index contributed by atoms with van der Waals surface area (Å²) in [4.78, 5) is 28.4. The molecule has 0 saturated carbocycles. The van der Waals surface area contributed by atoms with E-state index < -0.39 is 11.7 Å². The van der Waals surface area contributed by atoms with Gasteiger partial charge in [-0.3, -0.25) is 9.36 Å². The molecule has 0 unspecified atom stereocenters. The van der Waals surface area contributed by atoms with Crippen LogP contribution in [-0.2, 0) is 13.1 Å². The number of rotatable bonds is 6. The molecule has 2 aromatic heterocycles. The Morgan fingerprint density at radius 1 is 1.28 bits per heavy atom. The molecule has 148 valence electrons. The first-order chi connectivity index (χ1) is 14.0. The van der Waals surface area contributed by atoms with Gasteiger partial charge in [0.05, 0.1) is 19.2 Å². The molecule has 0 saturated heterocycles. The van der Waals surface area contributed by atoms with Crippen molar-refractivity contribution in [3.63, 3.8) is 0 Å². The highest BCUT2D eigenvalue weighted by atomic mass is 35.5. The lowest BCUT2D eigenvalue weighted by molar-refractivity contribution is 0.0907. The van der Waals surface area contributed by atoms with E-state index in [1.807, 2.05) is 18.2 Å². The molecule has 2 heterocycles. The summed E-state index contributed by atoms with van der Waals surface area (Å²) in [6.45, 7) is 0.233. The normalized spacial score (nSPS) is 11.0. The van der Waals surface area contributed by atoms with Crippen LogP contribution in [0.4, 0.5) is 0 Å². The molecule has 1 N–H and O–H groups in total. The van der Waals surface area contributed by atoms with Gasteiger partial charge in [0.15, 0.2) is 11.4 Å². The molecule has 0 atom stereocenters. The standard InChI is InChI=1S/C19H15ClN4O5/c1-27-13-4-2-3-11(7-13)9-21-17(25)18-22-16(23-29-18)10-24-14-8-12(20)5-6-15(14)28-19(24)26/h2-8H,9-10H2,1H3,(H,21,25). The van der Waals surface area contributed by atoms with Crippen molar-refractivity contribution in [1.82, 2.24) is 20.0 Å². The van der Waals surface area contributed by atoms with Crippen LogP contribution in [0.3, 0.4) is 0 Å². The van der Waals surface area contributed by atoms with E-state index in [-0.39, 0.29) is 24.8 Å². The first-order valence-corrected chi connectivity index (χ1v) is 8.94. The van der Waals surface area contributed by atoms with Crippen molar-refractivity contribution < 1.29 is 18.5 Å². The number of oxazole rings is 1. The molecule has 2 aromatic carbocycles. The van der Waals surface area contributed by atoms with Crippen LogP contribution in [0, 0.1) is 0 Å². The van der Waals surface area contributed by atoms with Crippen LogP contribution in [0.2, 0.25) is 5.02 Å². The number of benzene rings is 2. The number of amides is 1. The van der Waals surface area contributed by atoms with Crippen molar-refractivity contribution in [2.24, 2.45) is 0 Å². The van der Waals surface area contributed by atoms with Crippen LogP contribution in [0.1, 0.15) is 22.1 Å². The topological polar surface area (TPSA) is 112 Å². The molecular weight excluding hydrogens is 400 g/mol. The summed E-state index contributed by atoms with van der Waals surface area (Å²) in [7, 11) is 1.57. The summed E-state index contributed by atoms with van der Waals surface area (Å²) in [5.74, 6) is -0.479. The summed E-state index contributed by atoms with van der Waals surface area (Å²) in [6, 6.07) is 12.1. The maximum absolute atomic E-state index is 12.3. The van der Waals surface area contributed by atoms with Crippen LogP contribution in [0.25, 0.3) is 11.1 Å². The van der Waals surface area contributed by atoms with Gasteiger partial charge in [-0.05, 0) is 35.9 Å². The monoisotopic (exact) mass is 414 g/mol. The maximum Gasteiger partial charge on any atom is 0.420 e. The van der Waals surface area contributed by atoms with Crippen molar-refractivity contribution in [3.05, 3.63) is 75.3 Å². The average Bonchev–Trinajstić information content (AvgIpc) is 3.31. The number of methoxy groups -OCH3 is 1. The Balaban J connectivity index is 1.47. The zero-order valence-electron chi connectivity index (χ0n) is 15.2. The summed E-state index contributed by atoms with van der Waals surface area (Å²) in [5.41, 5.74) is 1.74. The van der Waals surface area contributed by atoms with E-state index in [0.29, 0.717) is 21.9 Å². The van der Waals surface area contributed by atoms with Gasteiger partial charge in [0.1, 0.15) is 5.75 Å². The molecular formula is C19H15ClN4O5. The fourth-order valence-corrected chi connectivity index (χ4v) is 2.94. The molecule has 10 heteroatoms. The molecule has 0 bridgehead atoms. The van der Waals surface area contributed by atoms with Gasteiger partial charge in [0, 0.05) is 11.6 Å². The summed E-state index contributed by atoms with van der Waals surface area (Å²) in [5, 5.41) is 6.91. The highest BCUT2D eigenvalue weighted by Gasteiger charge is 2.17. The molecule has 1 amide bonds. The molecule has 0 aliphatic heterocycles. The van der Waals surface area contributed by atoms with E-state index in [2.05, 4.69) is 15.5 Å². The van der Waals surface area contributed by atoms with Crippen LogP contribution >= 0.6 is 11.6 Å². The van der Waals surface area contributed by atoms with Crippen LogP contribution < -0.4 is 15.8 Å². The summed E-state index contributed by atoms with van der Waals surface area (Å²) >= 11 is 5.99. The highest BCUT2D eigenvalue weighted by molar-refractivity contribution is 6.31. The van der Waals surface area contributed by atoms with E-state index in [4.69, 9.17) is 25.3 Å². The van der Waals surface area contributed by atoms with Gasteiger partial charge < -0.3 is 19.0 Å². The van der Waals surface area contributed by atoms with E-state index in [0.717, 1.165) is 5.56 Å². The fraction of sp³-hybridized carbons (Fsp3) is 0.158. The number of carbonyl (C=O) groups is 1. The number of fused-ring (bicyclic) bond motifs is 1. The number of hydrogen-bond acceptors (Lipinski definition) is 7. The smallest absolute Gasteiger partial charge is 0.420 e. The van der Waals surface area contributed by atoms with Crippen LogP contribution in [0.15, 0.2) is 56.2 Å². The minimum Gasteiger partial charge on any atom is -0.497 e. The predicted molar refractivity (Wildman–Crippen MR) is 103 cm³/mol. The van der Waals surface area contributed by atoms with Crippen LogP contribution in [-0.4, -0.2) is 27.7 Å². The molecule has 0 aliphatic carbocycles. The lowest BCUT2D eigenvalue weighted by Crippen LogP contribution is -2.23. The minimum absolute atomic E-state index is 0.0289. The maximum atomic E-state index is 12.3. The first-order valence-electron chi connectivity index (χ1n) is 8.56.